The fourth-order valence-corrected chi connectivity index (χ4v) is 2.84. The number of benzene rings is 1. The molecular formula is C21H23ClN2O8. The molecule has 2 rings (SSSR count). The number of non-ortho nitro benzene ring substituents is 1. The van der Waals surface area contributed by atoms with Crippen LogP contribution in [0.15, 0.2) is 24.3 Å². The predicted octanol–water partition coefficient (Wildman–Crippen LogP) is 5.34. The van der Waals surface area contributed by atoms with Gasteiger partial charge in [-0.05, 0) is 39.7 Å². The molecule has 0 unspecified atom stereocenters. The zero-order valence-electron chi connectivity index (χ0n) is 18.0. The molecule has 0 atom stereocenters. The Bertz CT molecular complexity index is 1010. The summed E-state index contributed by atoms with van der Waals surface area (Å²) in [6.07, 6.45) is -2.05. The Morgan fingerprint density at radius 1 is 1.12 bits per heavy atom. The van der Waals surface area contributed by atoms with Gasteiger partial charge in [-0.2, -0.15) is 0 Å². The maximum Gasteiger partial charge on any atom is 0.514 e. The van der Waals surface area contributed by atoms with Gasteiger partial charge in [0.2, 0.25) is 0 Å². The van der Waals surface area contributed by atoms with E-state index in [0.29, 0.717) is 12.3 Å². The van der Waals surface area contributed by atoms with Crippen molar-refractivity contribution in [2.24, 2.45) is 0 Å². The number of alkyl halides is 1. The van der Waals surface area contributed by atoms with E-state index in [1.54, 1.807) is 33.8 Å². The number of nitro groups is 1. The minimum atomic E-state index is -1.02. The third kappa shape index (κ3) is 6.55. The molecule has 0 fully saturated rings. The summed E-state index contributed by atoms with van der Waals surface area (Å²) < 4.78 is 20.8. The lowest BCUT2D eigenvalue weighted by Crippen LogP contribution is -2.18. The first-order valence-electron chi connectivity index (χ1n) is 9.69. The van der Waals surface area contributed by atoms with E-state index in [1.165, 1.54) is 18.2 Å². The lowest BCUT2D eigenvalue weighted by molar-refractivity contribution is -0.384. The van der Waals surface area contributed by atoms with Gasteiger partial charge in [0.25, 0.3) is 5.69 Å². The Balaban J connectivity index is 2.62. The van der Waals surface area contributed by atoms with Crippen LogP contribution in [-0.2, 0) is 9.47 Å². The smallest absolute Gasteiger partial charge is 0.434 e. The van der Waals surface area contributed by atoms with Crippen LogP contribution in [0.4, 0.5) is 15.3 Å². The number of rotatable bonds is 8. The fourth-order valence-electron chi connectivity index (χ4n) is 2.73. The largest absolute Gasteiger partial charge is 0.514 e. The molecule has 1 aromatic heterocycles. The van der Waals surface area contributed by atoms with Crippen molar-refractivity contribution in [3.05, 3.63) is 45.8 Å². The molecule has 0 aliphatic carbocycles. The van der Waals surface area contributed by atoms with Crippen molar-refractivity contribution in [2.45, 2.75) is 40.2 Å². The average Bonchev–Trinajstić information content (AvgIpc) is 2.71. The highest BCUT2D eigenvalue weighted by Gasteiger charge is 2.26. The predicted molar refractivity (Wildman–Crippen MR) is 115 cm³/mol. The average molecular weight is 467 g/mol. The van der Waals surface area contributed by atoms with Crippen molar-refractivity contribution < 1.29 is 33.5 Å². The highest BCUT2D eigenvalue weighted by Crippen LogP contribution is 2.43. The number of carbonyl (C=O) groups excluding carboxylic acids is 2. The van der Waals surface area contributed by atoms with Crippen molar-refractivity contribution in [3.63, 3.8) is 0 Å². The molecule has 2 aromatic rings. The van der Waals surface area contributed by atoms with Crippen molar-refractivity contribution in [2.75, 3.05) is 12.5 Å². The highest BCUT2D eigenvalue weighted by molar-refractivity contribution is 6.17. The number of halogens is 1. The van der Waals surface area contributed by atoms with Gasteiger partial charge in [-0.25, -0.2) is 9.59 Å². The van der Waals surface area contributed by atoms with Gasteiger partial charge >= 0.3 is 12.3 Å². The van der Waals surface area contributed by atoms with Crippen LogP contribution >= 0.6 is 11.6 Å². The van der Waals surface area contributed by atoms with Crippen LogP contribution in [0, 0.1) is 24.0 Å². The van der Waals surface area contributed by atoms with Gasteiger partial charge in [-0.3, -0.25) is 15.1 Å². The Hall–Kier alpha value is -3.40. The lowest BCUT2D eigenvalue weighted by Gasteiger charge is -2.18. The highest BCUT2D eigenvalue weighted by atomic mass is 35.5. The number of nitrogens with zero attached hydrogens (tertiary/aromatic N) is 2. The van der Waals surface area contributed by atoms with Gasteiger partial charge in [0.05, 0.1) is 34.6 Å². The number of aromatic nitrogens is 1. The van der Waals surface area contributed by atoms with Gasteiger partial charge in [0.15, 0.2) is 11.5 Å². The maximum absolute atomic E-state index is 12.2. The van der Waals surface area contributed by atoms with Crippen LogP contribution < -0.4 is 9.47 Å². The number of pyridine rings is 1. The Morgan fingerprint density at radius 3 is 2.31 bits per heavy atom. The molecule has 0 amide bonds. The summed E-state index contributed by atoms with van der Waals surface area (Å²) in [7, 11) is 0. The molecule has 1 heterocycles. The quantitative estimate of drug-likeness (QED) is 0.166. The summed E-state index contributed by atoms with van der Waals surface area (Å²) in [6, 6.07) is 5.57. The Kier molecular flexibility index (Phi) is 8.77. The Labute approximate surface area is 189 Å². The second-order valence-corrected chi connectivity index (χ2v) is 7.26. The minimum Gasteiger partial charge on any atom is -0.434 e. The topological polar surface area (TPSA) is 127 Å². The van der Waals surface area contributed by atoms with Crippen LogP contribution in [0.5, 0.6) is 11.5 Å². The summed E-state index contributed by atoms with van der Waals surface area (Å²) in [5.74, 6) is 0.164. The van der Waals surface area contributed by atoms with E-state index >= 15 is 0 Å². The second-order valence-electron chi connectivity index (χ2n) is 6.89. The molecule has 32 heavy (non-hydrogen) atoms. The van der Waals surface area contributed by atoms with E-state index in [0.717, 1.165) is 0 Å². The second kappa shape index (κ2) is 11.3. The van der Waals surface area contributed by atoms with E-state index < -0.39 is 23.3 Å². The molecule has 172 valence electrons. The molecule has 1 aromatic carbocycles. The molecule has 0 saturated heterocycles. The third-order valence-corrected chi connectivity index (χ3v) is 4.26. The van der Waals surface area contributed by atoms with Crippen LogP contribution in [0.3, 0.4) is 0 Å². The van der Waals surface area contributed by atoms with E-state index in [-0.39, 0.29) is 46.3 Å². The van der Waals surface area contributed by atoms with Crippen molar-refractivity contribution >= 4 is 29.6 Å². The van der Waals surface area contributed by atoms with E-state index in [1.807, 2.05) is 0 Å². The van der Waals surface area contributed by atoms with Crippen LogP contribution in [0.2, 0.25) is 0 Å². The molecule has 0 N–H and O–H groups in total. The zero-order valence-corrected chi connectivity index (χ0v) is 18.8. The van der Waals surface area contributed by atoms with Gasteiger partial charge in [-0.15, -0.1) is 11.6 Å². The number of carbonyl (C=O) groups is 2. The molecule has 0 saturated carbocycles. The summed E-state index contributed by atoms with van der Waals surface area (Å²) >= 11 is 5.58. The van der Waals surface area contributed by atoms with Gasteiger partial charge in [0.1, 0.15) is 0 Å². The van der Waals surface area contributed by atoms with Gasteiger partial charge in [-0.1, -0.05) is 12.1 Å². The van der Waals surface area contributed by atoms with Crippen molar-refractivity contribution in [1.82, 2.24) is 4.98 Å². The van der Waals surface area contributed by atoms with Crippen LogP contribution in [0.25, 0.3) is 11.1 Å². The van der Waals surface area contributed by atoms with E-state index in [4.69, 9.17) is 30.5 Å². The molecule has 10 nitrogen and oxygen atoms in total. The molecule has 0 aliphatic rings. The maximum atomic E-state index is 12.2. The monoisotopic (exact) mass is 466 g/mol. The summed E-state index contributed by atoms with van der Waals surface area (Å²) in [6.45, 7) is 6.49. The number of nitro benzene ring substituents is 1. The minimum absolute atomic E-state index is 0.0386. The molecule has 0 radical (unpaired) electrons. The molecule has 0 bridgehead atoms. The number of hydrogen-bond donors (Lipinski definition) is 0. The Morgan fingerprint density at radius 2 is 1.75 bits per heavy atom. The summed E-state index contributed by atoms with van der Waals surface area (Å²) in [5, 5.41) is 11.3. The molecular weight excluding hydrogens is 444 g/mol. The molecule has 0 aliphatic heterocycles. The first-order valence-corrected chi connectivity index (χ1v) is 10.2. The van der Waals surface area contributed by atoms with E-state index in [9.17, 15) is 19.7 Å². The SMILES string of the molecule is Cc1nc(C)c(OC(=O)OC(C)C)c(-c2cccc([N+](=O)[O-])c2)c1OC(=O)OCCCCl. The van der Waals surface area contributed by atoms with Crippen molar-refractivity contribution in [1.29, 1.82) is 0 Å². The van der Waals surface area contributed by atoms with Gasteiger partial charge < -0.3 is 18.9 Å². The number of aryl methyl sites for hydroxylation is 2. The standard InChI is InChI=1S/C21H23ClN2O8/c1-12(2)30-21(26)32-19-14(4)23-13(3)18(31-20(25)29-10-6-9-22)17(19)15-7-5-8-16(11-15)24(27)28/h5,7-8,11-12H,6,9-10H2,1-4H3. The molecule has 0 spiro atoms. The van der Waals surface area contributed by atoms with Crippen LogP contribution in [0.1, 0.15) is 31.7 Å². The number of ether oxygens (including phenoxy) is 4. The fraction of sp³-hybridized carbons (Fsp3) is 0.381. The summed E-state index contributed by atoms with van der Waals surface area (Å²) in [4.78, 5) is 39.4. The lowest BCUT2D eigenvalue weighted by atomic mass is 10.0. The van der Waals surface area contributed by atoms with Crippen LogP contribution in [-0.4, -0.2) is 40.8 Å². The normalized spacial score (nSPS) is 10.6. The first kappa shape index (κ1) is 24.9. The summed E-state index contributed by atoms with van der Waals surface area (Å²) in [5.41, 5.74) is 0.744. The zero-order chi connectivity index (χ0) is 23.8. The van der Waals surface area contributed by atoms with Gasteiger partial charge in [0, 0.05) is 18.0 Å². The third-order valence-electron chi connectivity index (χ3n) is 3.99. The molecule has 11 heteroatoms. The van der Waals surface area contributed by atoms with E-state index in [2.05, 4.69) is 4.98 Å². The first-order chi connectivity index (χ1) is 15.1. The van der Waals surface area contributed by atoms with Crippen molar-refractivity contribution in [3.8, 4) is 22.6 Å². The number of hydrogen-bond acceptors (Lipinski definition) is 9.